The van der Waals surface area contributed by atoms with Crippen LogP contribution in [-0.4, -0.2) is 64.7 Å². The summed E-state index contributed by atoms with van der Waals surface area (Å²) in [6.45, 7) is 0. The predicted molar refractivity (Wildman–Crippen MR) is 244 cm³/mol. The van der Waals surface area contributed by atoms with E-state index in [2.05, 4.69) is 124 Å². The molecule has 0 saturated heterocycles. The summed E-state index contributed by atoms with van der Waals surface area (Å²) in [6.07, 6.45) is 22.0. The minimum atomic E-state index is -1.37. The van der Waals surface area contributed by atoms with Gasteiger partial charge in [0.1, 0.15) is 5.82 Å². The standard InChI is InChI=1S/C49H33N15/c1-3-11-32-31(10-1)28-56-45(32)42-40(33-16-26-62-25-6-5-14-36(33)62)41(35-13-7-19-57-60-35)43(47-52-17-8-18-53-47)46-44(42)49(48-54-23-24-55-48,37-27-30-9-2-4-12-34(30)59-37)64(38-15-20-58-61-38)63(46)39-29-50-21-22-51-39/h1-29,56,59H,(H,54,55)(H,58,61). The van der Waals surface area contributed by atoms with Crippen LogP contribution in [-0.2, 0) is 5.54 Å². The predicted octanol–water partition coefficient (Wildman–Crippen LogP) is 9.25. The number of aromatic nitrogens is 13. The molecule has 0 radical (unpaired) electrons. The molecule has 9 aromatic heterocycles. The number of H-pyrrole nitrogens is 4. The molecule has 1 atom stereocenters. The highest BCUT2D eigenvalue weighted by atomic mass is 15.7. The molecule has 1 aliphatic rings. The summed E-state index contributed by atoms with van der Waals surface area (Å²) in [7, 11) is 0. The summed E-state index contributed by atoms with van der Waals surface area (Å²) in [5, 5.41) is 24.8. The Bertz CT molecular complexity index is 3600. The third-order valence-corrected chi connectivity index (χ3v) is 12.1. The highest BCUT2D eigenvalue weighted by Gasteiger charge is 2.60. The molecule has 0 saturated carbocycles. The summed E-state index contributed by atoms with van der Waals surface area (Å²) in [5.74, 6) is 2.13. The summed E-state index contributed by atoms with van der Waals surface area (Å²) in [5.41, 5.74) is 8.49. The van der Waals surface area contributed by atoms with Crippen LogP contribution in [0.2, 0.25) is 0 Å². The van der Waals surface area contributed by atoms with Crippen molar-refractivity contribution in [2.24, 2.45) is 0 Å². The summed E-state index contributed by atoms with van der Waals surface area (Å²) in [4.78, 5) is 36.4. The van der Waals surface area contributed by atoms with Crippen molar-refractivity contribution in [1.82, 2.24) is 64.7 Å². The fourth-order valence-electron chi connectivity index (χ4n) is 9.65. The minimum Gasteiger partial charge on any atom is -0.360 e. The van der Waals surface area contributed by atoms with Gasteiger partial charge in [-0.15, -0.1) is 0 Å². The zero-order valence-corrected chi connectivity index (χ0v) is 33.7. The molecule has 13 rings (SSSR count). The molecular formula is C49H33N15. The Hall–Kier alpha value is -9.24. The van der Waals surface area contributed by atoms with Gasteiger partial charge in [0.2, 0.25) is 0 Å². The number of fused-ring (bicyclic) bond motifs is 4. The van der Waals surface area contributed by atoms with Gasteiger partial charge in [0.15, 0.2) is 23.0 Å². The number of rotatable bonds is 8. The number of nitrogens with zero attached hydrogens (tertiary/aromatic N) is 11. The number of anilines is 3. The summed E-state index contributed by atoms with van der Waals surface area (Å²) < 4.78 is 2.14. The van der Waals surface area contributed by atoms with Crippen molar-refractivity contribution in [1.29, 1.82) is 0 Å². The first-order valence-corrected chi connectivity index (χ1v) is 20.7. The van der Waals surface area contributed by atoms with Crippen molar-refractivity contribution in [3.05, 3.63) is 195 Å². The second-order valence-corrected chi connectivity index (χ2v) is 15.4. The van der Waals surface area contributed by atoms with Gasteiger partial charge in [-0.2, -0.15) is 15.3 Å². The highest BCUT2D eigenvalue weighted by molar-refractivity contribution is 6.15. The number of benzene rings is 3. The van der Waals surface area contributed by atoms with E-state index >= 15 is 0 Å². The lowest BCUT2D eigenvalue weighted by molar-refractivity contribution is 0.551. The number of hydrogen-bond acceptors (Lipinski definition) is 10. The van der Waals surface area contributed by atoms with E-state index in [1.54, 1.807) is 43.4 Å². The smallest absolute Gasteiger partial charge is 0.188 e. The van der Waals surface area contributed by atoms with E-state index in [-0.39, 0.29) is 0 Å². The largest absolute Gasteiger partial charge is 0.360 e. The van der Waals surface area contributed by atoms with E-state index in [0.717, 1.165) is 66.4 Å². The molecule has 4 N–H and O–H groups in total. The first-order chi connectivity index (χ1) is 31.8. The molecule has 1 unspecified atom stereocenters. The SMILES string of the molecule is c1cnc(-c2c(-c3cccnn3)c(-c3ccn4ccccc34)c(-c3[nH]cc4ccccc34)c3c2N(c2cnccn2)N(c2cc[nH]n2)C3(c2cc3ccccc3[nH]2)c2ncc[nH]2)nc1. The second kappa shape index (κ2) is 13.9. The van der Waals surface area contributed by atoms with Crippen LogP contribution in [0.4, 0.5) is 17.3 Å². The van der Waals surface area contributed by atoms with Gasteiger partial charge in [-0.25, -0.2) is 30.0 Å². The number of aromatic amines is 4. The van der Waals surface area contributed by atoms with Crippen LogP contribution < -0.4 is 10.0 Å². The Morgan fingerprint density at radius 2 is 1.52 bits per heavy atom. The topological polar surface area (TPSA) is 177 Å². The van der Waals surface area contributed by atoms with E-state index in [9.17, 15) is 0 Å². The monoisotopic (exact) mass is 831 g/mol. The van der Waals surface area contributed by atoms with Gasteiger partial charge >= 0.3 is 0 Å². The van der Waals surface area contributed by atoms with Gasteiger partial charge in [0.25, 0.3) is 0 Å². The van der Waals surface area contributed by atoms with Crippen LogP contribution in [0.5, 0.6) is 0 Å². The van der Waals surface area contributed by atoms with Gasteiger partial charge in [-0.05, 0) is 59.3 Å². The molecule has 1 aliphatic heterocycles. The van der Waals surface area contributed by atoms with Crippen LogP contribution in [0.3, 0.4) is 0 Å². The normalized spacial score (nSPS) is 14.9. The zero-order chi connectivity index (χ0) is 42.2. The van der Waals surface area contributed by atoms with Crippen LogP contribution in [0.15, 0.2) is 177 Å². The molecule has 64 heavy (non-hydrogen) atoms. The van der Waals surface area contributed by atoms with Crippen LogP contribution >= 0.6 is 0 Å². The Morgan fingerprint density at radius 3 is 2.33 bits per heavy atom. The molecule has 0 aliphatic carbocycles. The van der Waals surface area contributed by atoms with Crippen LogP contribution in [0.25, 0.3) is 72.2 Å². The third kappa shape index (κ3) is 5.02. The van der Waals surface area contributed by atoms with Gasteiger partial charge in [0.05, 0.1) is 40.0 Å². The number of pyridine rings is 1. The summed E-state index contributed by atoms with van der Waals surface area (Å²) in [6, 6.07) is 34.9. The molecule has 0 spiro atoms. The molecule has 0 fully saturated rings. The van der Waals surface area contributed by atoms with Gasteiger partial charge in [-0.1, -0.05) is 48.5 Å². The number of hydrogen-bond donors (Lipinski definition) is 4. The second-order valence-electron chi connectivity index (χ2n) is 15.4. The van der Waals surface area contributed by atoms with Crippen molar-refractivity contribution >= 4 is 44.5 Å². The average molecular weight is 832 g/mol. The van der Waals surface area contributed by atoms with Crippen molar-refractivity contribution in [2.45, 2.75) is 5.54 Å². The number of nitrogens with one attached hydrogen (secondary N) is 4. The fourth-order valence-corrected chi connectivity index (χ4v) is 9.65. The van der Waals surface area contributed by atoms with E-state index in [0.29, 0.717) is 40.2 Å². The maximum Gasteiger partial charge on any atom is 0.188 e. The Morgan fingerprint density at radius 1 is 0.625 bits per heavy atom. The average Bonchev–Trinajstić information content (AvgIpc) is 4.23. The molecule has 15 nitrogen and oxygen atoms in total. The molecule has 10 heterocycles. The van der Waals surface area contributed by atoms with Crippen molar-refractivity contribution in [3.63, 3.8) is 0 Å². The van der Waals surface area contributed by atoms with E-state index in [1.807, 2.05) is 54.9 Å². The highest BCUT2D eigenvalue weighted by Crippen LogP contribution is 2.64. The van der Waals surface area contributed by atoms with Gasteiger partial charge in [0, 0.05) is 113 Å². The van der Waals surface area contributed by atoms with Gasteiger partial charge < -0.3 is 19.4 Å². The third-order valence-electron chi connectivity index (χ3n) is 12.1. The first-order valence-electron chi connectivity index (χ1n) is 20.7. The van der Waals surface area contributed by atoms with E-state index in [4.69, 9.17) is 30.1 Å². The van der Waals surface area contributed by atoms with Crippen molar-refractivity contribution in [3.8, 4) is 45.0 Å². The Kier molecular flexibility index (Phi) is 7.71. The minimum absolute atomic E-state index is 0.454. The molecule has 12 aromatic rings. The zero-order valence-electron chi connectivity index (χ0n) is 33.7. The maximum absolute atomic E-state index is 5.23. The number of imidazole rings is 1. The van der Waals surface area contributed by atoms with Gasteiger partial charge in [-0.3, -0.25) is 10.1 Å². The van der Waals surface area contributed by atoms with Crippen LogP contribution in [0.1, 0.15) is 17.1 Å². The molecule has 304 valence electrons. The summed E-state index contributed by atoms with van der Waals surface area (Å²) >= 11 is 0. The lowest BCUT2D eigenvalue weighted by Crippen LogP contribution is -2.52. The van der Waals surface area contributed by atoms with E-state index in [1.165, 1.54) is 0 Å². The maximum atomic E-state index is 5.23. The molecule has 0 bridgehead atoms. The van der Waals surface area contributed by atoms with Crippen LogP contribution in [0, 0.1) is 0 Å². The van der Waals surface area contributed by atoms with Crippen molar-refractivity contribution < 1.29 is 0 Å². The fraction of sp³-hybridized carbons (Fsp3) is 0.0204. The molecule has 0 amide bonds. The van der Waals surface area contributed by atoms with Crippen molar-refractivity contribution in [2.75, 3.05) is 10.0 Å². The molecule has 3 aromatic carbocycles. The Balaban J connectivity index is 1.37. The Labute approximate surface area is 363 Å². The number of hydrazine groups is 1. The molecule has 15 heteroatoms. The van der Waals surface area contributed by atoms with E-state index < -0.39 is 5.54 Å². The quantitative estimate of drug-likeness (QED) is 0.115. The number of para-hydroxylation sites is 1. The lowest BCUT2D eigenvalue weighted by Gasteiger charge is -2.40. The lowest BCUT2D eigenvalue weighted by atomic mass is 9.75. The molecular weight excluding hydrogens is 799 g/mol. The first kappa shape index (κ1) is 35.5.